The SMILES string of the molecule is C[C@@H](N[S@@+]([O-])C(C)(C)C)c1cc(F)ccc1OCc1ccccc1. The van der Waals surface area contributed by atoms with Crippen LogP contribution in [0.15, 0.2) is 48.5 Å². The van der Waals surface area contributed by atoms with Crippen molar-refractivity contribution in [1.29, 1.82) is 0 Å². The molecule has 0 saturated heterocycles. The highest BCUT2D eigenvalue weighted by atomic mass is 32.2. The minimum atomic E-state index is -1.25. The Morgan fingerprint density at radius 3 is 2.46 bits per heavy atom. The zero-order valence-corrected chi connectivity index (χ0v) is 15.3. The second-order valence-corrected chi connectivity index (χ2v) is 8.67. The fourth-order valence-corrected chi connectivity index (χ4v) is 2.93. The molecule has 0 radical (unpaired) electrons. The average Bonchev–Trinajstić information content (AvgIpc) is 2.53. The minimum absolute atomic E-state index is 0.300. The summed E-state index contributed by atoms with van der Waals surface area (Å²) in [5, 5.41) is 0. The van der Waals surface area contributed by atoms with Gasteiger partial charge in [0.25, 0.3) is 0 Å². The summed E-state index contributed by atoms with van der Waals surface area (Å²) in [5.74, 6) is 0.249. The number of hydrogen-bond acceptors (Lipinski definition) is 3. The highest BCUT2D eigenvalue weighted by Crippen LogP contribution is 2.28. The van der Waals surface area contributed by atoms with Crippen molar-refractivity contribution in [3.8, 4) is 5.75 Å². The predicted molar refractivity (Wildman–Crippen MR) is 96.6 cm³/mol. The van der Waals surface area contributed by atoms with Crippen molar-refractivity contribution in [1.82, 2.24) is 4.72 Å². The first kappa shape index (κ1) is 18.8. The van der Waals surface area contributed by atoms with Crippen LogP contribution in [-0.4, -0.2) is 9.30 Å². The van der Waals surface area contributed by atoms with E-state index >= 15 is 0 Å². The van der Waals surface area contributed by atoms with Crippen LogP contribution in [-0.2, 0) is 18.0 Å². The van der Waals surface area contributed by atoms with E-state index in [0.29, 0.717) is 17.9 Å². The molecule has 0 spiro atoms. The molecule has 2 aromatic carbocycles. The standard InChI is InChI=1S/C19H24FNO2S/c1-14(21-24(22)19(2,3)4)17-12-16(20)10-11-18(17)23-13-15-8-6-5-7-9-15/h5-12,14,21H,13H2,1-4H3/t14-,24+/m1/s1. The van der Waals surface area contributed by atoms with Gasteiger partial charge < -0.3 is 9.29 Å². The third kappa shape index (κ3) is 5.23. The van der Waals surface area contributed by atoms with Crippen LogP contribution in [0.1, 0.15) is 44.9 Å². The molecule has 0 aliphatic rings. The van der Waals surface area contributed by atoms with Crippen molar-refractivity contribution in [2.24, 2.45) is 0 Å². The predicted octanol–water partition coefficient (Wildman–Crippen LogP) is 4.52. The third-order valence-corrected chi connectivity index (χ3v) is 5.20. The molecule has 0 aromatic heterocycles. The molecule has 2 aromatic rings. The zero-order valence-electron chi connectivity index (χ0n) is 14.5. The van der Waals surface area contributed by atoms with Crippen LogP contribution in [0.5, 0.6) is 5.75 Å². The largest absolute Gasteiger partial charge is 0.598 e. The van der Waals surface area contributed by atoms with Crippen LogP contribution in [0.3, 0.4) is 0 Å². The van der Waals surface area contributed by atoms with Gasteiger partial charge in [0.2, 0.25) is 0 Å². The van der Waals surface area contributed by atoms with E-state index in [1.165, 1.54) is 12.1 Å². The Bertz CT molecular complexity index is 658. The van der Waals surface area contributed by atoms with E-state index < -0.39 is 16.1 Å². The van der Waals surface area contributed by atoms with Crippen LogP contribution in [0.25, 0.3) is 0 Å². The number of ether oxygens (including phenoxy) is 1. The molecule has 5 heteroatoms. The van der Waals surface area contributed by atoms with Crippen molar-refractivity contribution in [2.75, 3.05) is 0 Å². The molecule has 0 saturated carbocycles. The lowest BCUT2D eigenvalue weighted by Crippen LogP contribution is -2.40. The van der Waals surface area contributed by atoms with Crippen LogP contribution in [0.4, 0.5) is 4.39 Å². The van der Waals surface area contributed by atoms with E-state index in [1.807, 2.05) is 58.0 Å². The molecule has 0 fully saturated rings. The number of hydrogen-bond donors (Lipinski definition) is 1. The Morgan fingerprint density at radius 2 is 1.83 bits per heavy atom. The maximum atomic E-state index is 13.7. The summed E-state index contributed by atoms with van der Waals surface area (Å²) in [7, 11) is 0. The normalized spacial score (nSPS) is 14.2. The lowest BCUT2D eigenvalue weighted by molar-refractivity contribution is 0.300. The Kier molecular flexibility index (Phi) is 6.27. The third-order valence-electron chi connectivity index (χ3n) is 3.52. The minimum Gasteiger partial charge on any atom is -0.598 e. The summed E-state index contributed by atoms with van der Waals surface area (Å²) in [6.07, 6.45) is 0. The van der Waals surface area contributed by atoms with Gasteiger partial charge in [-0.15, -0.1) is 4.72 Å². The van der Waals surface area contributed by atoms with Gasteiger partial charge in [-0.05, 0) is 51.5 Å². The van der Waals surface area contributed by atoms with Crippen LogP contribution >= 0.6 is 0 Å². The summed E-state index contributed by atoms with van der Waals surface area (Å²) in [5.41, 5.74) is 1.69. The summed E-state index contributed by atoms with van der Waals surface area (Å²) in [6, 6.07) is 13.9. The van der Waals surface area contributed by atoms with Crippen molar-refractivity contribution < 1.29 is 13.7 Å². The first-order valence-electron chi connectivity index (χ1n) is 7.91. The lowest BCUT2D eigenvalue weighted by atomic mass is 10.1. The monoisotopic (exact) mass is 349 g/mol. The number of halogens is 1. The van der Waals surface area contributed by atoms with Gasteiger partial charge in [-0.1, -0.05) is 30.3 Å². The fourth-order valence-electron chi connectivity index (χ4n) is 2.13. The van der Waals surface area contributed by atoms with Gasteiger partial charge in [0, 0.05) is 16.9 Å². The molecule has 0 unspecified atom stereocenters. The van der Waals surface area contributed by atoms with Crippen molar-refractivity contribution in [2.45, 2.75) is 45.1 Å². The van der Waals surface area contributed by atoms with Crippen molar-refractivity contribution in [3.05, 3.63) is 65.5 Å². The quantitative estimate of drug-likeness (QED) is 0.780. The Balaban J connectivity index is 2.14. The first-order chi connectivity index (χ1) is 11.3. The highest BCUT2D eigenvalue weighted by molar-refractivity contribution is 7.90. The van der Waals surface area contributed by atoms with Gasteiger partial charge in [0.05, 0.1) is 6.04 Å². The number of nitrogens with one attached hydrogen (secondary N) is 1. The molecule has 130 valence electrons. The molecule has 0 amide bonds. The van der Waals surface area contributed by atoms with E-state index in [9.17, 15) is 8.94 Å². The maximum absolute atomic E-state index is 13.7. The van der Waals surface area contributed by atoms with E-state index in [4.69, 9.17) is 4.74 Å². The lowest BCUT2D eigenvalue weighted by Gasteiger charge is -2.27. The van der Waals surface area contributed by atoms with Gasteiger partial charge >= 0.3 is 0 Å². The number of rotatable bonds is 6. The molecule has 0 heterocycles. The summed E-state index contributed by atoms with van der Waals surface area (Å²) in [4.78, 5) is 0. The summed E-state index contributed by atoms with van der Waals surface area (Å²) >= 11 is -1.25. The Morgan fingerprint density at radius 1 is 1.17 bits per heavy atom. The highest BCUT2D eigenvalue weighted by Gasteiger charge is 2.29. The van der Waals surface area contributed by atoms with Crippen LogP contribution in [0.2, 0.25) is 0 Å². The first-order valence-corrected chi connectivity index (χ1v) is 9.06. The van der Waals surface area contributed by atoms with Crippen molar-refractivity contribution in [3.63, 3.8) is 0 Å². The van der Waals surface area contributed by atoms with E-state index in [-0.39, 0.29) is 11.9 Å². The molecular weight excluding hydrogens is 325 g/mol. The van der Waals surface area contributed by atoms with E-state index in [1.54, 1.807) is 6.07 Å². The van der Waals surface area contributed by atoms with Gasteiger partial charge in [0.1, 0.15) is 22.9 Å². The fraction of sp³-hybridized carbons (Fsp3) is 0.368. The van der Waals surface area contributed by atoms with Gasteiger partial charge in [-0.25, -0.2) is 4.39 Å². The molecule has 3 nitrogen and oxygen atoms in total. The Labute approximate surface area is 146 Å². The molecule has 1 N–H and O–H groups in total. The maximum Gasteiger partial charge on any atom is 0.136 e. The zero-order chi connectivity index (χ0) is 17.7. The molecular formula is C19H24FNO2S. The second kappa shape index (κ2) is 8.01. The second-order valence-electron chi connectivity index (χ2n) is 6.68. The summed E-state index contributed by atoms with van der Waals surface area (Å²) < 4.78 is 34.5. The van der Waals surface area contributed by atoms with Crippen molar-refractivity contribution >= 4 is 11.4 Å². The van der Waals surface area contributed by atoms with Gasteiger partial charge in [-0.2, -0.15) is 0 Å². The molecule has 24 heavy (non-hydrogen) atoms. The van der Waals surface area contributed by atoms with Gasteiger partial charge in [0.15, 0.2) is 0 Å². The molecule has 0 aliphatic heterocycles. The molecule has 2 atom stereocenters. The molecule has 2 rings (SSSR count). The topological polar surface area (TPSA) is 44.3 Å². The Hall–Kier alpha value is -1.56. The number of benzene rings is 2. The summed E-state index contributed by atoms with van der Waals surface area (Å²) in [6.45, 7) is 7.92. The molecule has 0 aliphatic carbocycles. The van der Waals surface area contributed by atoms with Crippen LogP contribution < -0.4 is 9.46 Å². The molecule has 0 bridgehead atoms. The van der Waals surface area contributed by atoms with Crippen LogP contribution in [0, 0.1) is 5.82 Å². The smallest absolute Gasteiger partial charge is 0.136 e. The van der Waals surface area contributed by atoms with E-state index in [0.717, 1.165) is 5.56 Å². The van der Waals surface area contributed by atoms with Gasteiger partial charge in [-0.3, -0.25) is 0 Å². The average molecular weight is 349 g/mol. The van der Waals surface area contributed by atoms with E-state index in [2.05, 4.69) is 4.72 Å².